The van der Waals surface area contributed by atoms with Gasteiger partial charge in [-0.15, -0.1) is 11.3 Å². The van der Waals surface area contributed by atoms with Gasteiger partial charge in [-0.25, -0.2) is 4.98 Å². The van der Waals surface area contributed by atoms with Crippen molar-refractivity contribution >= 4 is 11.3 Å². The molecule has 1 aliphatic heterocycles. The molecule has 1 N–H and O–H groups in total. The largest absolute Gasteiger partial charge is 0.381 e. The van der Waals surface area contributed by atoms with Crippen LogP contribution in [0, 0.1) is 5.92 Å². The quantitative estimate of drug-likeness (QED) is 0.831. The zero-order valence-electron chi connectivity index (χ0n) is 9.16. The summed E-state index contributed by atoms with van der Waals surface area (Å²) in [6.07, 6.45) is 4.28. The van der Waals surface area contributed by atoms with Gasteiger partial charge in [0.05, 0.1) is 6.61 Å². The van der Waals surface area contributed by atoms with Crippen LogP contribution in [0.2, 0.25) is 0 Å². The lowest BCUT2D eigenvalue weighted by molar-refractivity contribution is 0.185. The van der Waals surface area contributed by atoms with Crippen molar-refractivity contribution in [3.63, 3.8) is 0 Å². The lowest BCUT2D eigenvalue weighted by Crippen LogP contribution is -2.22. The fourth-order valence-corrected chi connectivity index (χ4v) is 2.55. The lowest BCUT2D eigenvalue weighted by Gasteiger charge is -2.07. The van der Waals surface area contributed by atoms with Gasteiger partial charge in [0.1, 0.15) is 5.01 Å². The third kappa shape index (κ3) is 3.26. The highest BCUT2D eigenvalue weighted by molar-refractivity contribution is 7.11. The minimum Gasteiger partial charge on any atom is -0.381 e. The molecular formula is C11H18N2OS. The van der Waals surface area contributed by atoms with Crippen molar-refractivity contribution in [1.82, 2.24) is 10.3 Å². The molecule has 0 amide bonds. The maximum atomic E-state index is 5.33. The van der Waals surface area contributed by atoms with Gasteiger partial charge in [-0.2, -0.15) is 0 Å². The highest BCUT2D eigenvalue weighted by atomic mass is 32.1. The summed E-state index contributed by atoms with van der Waals surface area (Å²) < 4.78 is 5.33. The topological polar surface area (TPSA) is 34.2 Å². The maximum Gasteiger partial charge on any atom is 0.107 e. The van der Waals surface area contributed by atoms with Crippen LogP contribution in [0.5, 0.6) is 0 Å². The highest BCUT2D eigenvalue weighted by Crippen LogP contribution is 2.14. The summed E-state index contributed by atoms with van der Waals surface area (Å²) in [7, 11) is 0. The highest BCUT2D eigenvalue weighted by Gasteiger charge is 2.14. The summed E-state index contributed by atoms with van der Waals surface area (Å²) in [5, 5.41) is 4.65. The fourth-order valence-electron chi connectivity index (χ4n) is 1.72. The van der Waals surface area contributed by atoms with Gasteiger partial charge < -0.3 is 10.1 Å². The van der Waals surface area contributed by atoms with E-state index in [1.54, 1.807) is 0 Å². The van der Waals surface area contributed by atoms with Crippen molar-refractivity contribution in [2.45, 2.75) is 26.3 Å². The summed E-state index contributed by atoms with van der Waals surface area (Å²) in [5.74, 6) is 0.704. The molecule has 0 bridgehead atoms. The standard InChI is InChI=1S/C11H18N2OS/c1-2-10-6-13-11(15-10)7-12-5-9-3-4-14-8-9/h6,9,12H,2-5,7-8H2,1H3. The minimum atomic E-state index is 0.704. The predicted molar refractivity (Wildman–Crippen MR) is 62.1 cm³/mol. The van der Waals surface area contributed by atoms with E-state index >= 15 is 0 Å². The SMILES string of the molecule is CCc1cnc(CNCC2CCOC2)s1. The van der Waals surface area contributed by atoms with Crippen LogP contribution < -0.4 is 5.32 Å². The zero-order valence-corrected chi connectivity index (χ0v) is 9.98. The van der Waals surface area contributed by atoms with Gasteiger partial charge >= 0.3 is 0 Å². The van der Waals surface area contributed by atoms with Crippen molar-refractivity contribution in [3.8, 4) is 0 Å². The Balaban J connectivity index is 1.68. The van der Waals surface area contributed by atoms with E-state index in [9.17, 15) is 0 Å². The molecule has 15 heavy (non-hydrogen) atoms. The molecule has 1 aliphatic rings. The molecule has 84 valence electrons. The van der Waals surface area contributed by atoms with Crippen LogP contribution in [0.3, 0.4) is 0 Å². The van der Waals surface area contributed by atoms with E-state index in [2.05, 4.69) is 17.2 Å². The molecule has 1 unspecified atom stereocenters. The summed E-state index contributed by atoms with van der Waals surface area (Å²) in [5.41, 5.74) is 0. The van der Waals surface area contributed by atoms with Gasteiger partial charge in [0.2, 0.25) is 0 Å². The zero-order chi connectivity index (χ0) is 10.5. The summed E-state index contributed by atoms with van der Waals surface area (Å²) >= 11 is 1.81. The molecular weight excluding hydrogens is 208 g/mol. The van der Waals surface area contributed by atoms with Crippen molar-refractivity contribution in [3.05, 3.63) is 16.1 Å². The molecule has 3 nitrogen and oxygen atoms in total. The normalized spacial score (nSPS) is 21.0. The first-order valence-electron chi connectivity index (χ1n) is 5.60. The molecule has 2 heterocycles. The average Bonchev–Trinajstić information content (AvgIpc) is 2.88. The first kappa shape index (κ1) is 11.0. The molecule has 0 aromatic carbocycles. The van der Waals surface area contributed by atoms with E-state index in [-0.39, 0.29) is 0 Å². The van der Waals surface area contributed by atoms with Gasteiger partial charge in [0.15, 0.2) is 0 Å². The Morgan fingerprint density at radius 2 is 2.60 bits per heavy atom. The molecule has 1 atom stereocenters. The number of nitrogens with zero attached hydrogens (tertiary/aromatic N) is 1. The average molecular weight is 226 g/mol. The lowest BCUT2D eigenvalue weighted by atomic mass is 10.1. The van der Waals surface area contributed by atoms with Crippen molar-refractivity contribution < 1.29 is 4.74 Å². The van der Waals surface area contributed by atoms with Crippen LogP contribution >= 0.6 is 11.3 Å². The number of aryl methyl sites for hydroxylation is 1. The second kappa shape index (κ2) is 5.58. The number of thiazole rings is 1. The van der Waals surface area contributed by atoms with Crippen LogP contribution in [0.1, 0.15) is 23.2 Å². The Kier molecular flexibility index (Phi) is 4.11. The van der Waals surface area contributed by atoms with E-state index < -0.39 is 0 Å². The van der Waals surface area contributed by atoms with E-state index in [1.807, 2.05) is 17.5 Å². The number of aromatic nitrogens is 1. The third-order valence-electron chi connectivity index (χ3n) is 2.68. The van der Waals surface area contributed by atoms with E-state index in [0.717, 1.165) is 32.7 Å². The van der Waals surface area contributed by atoms with Crippen molar-refractivity contribution in [1.29, 1.82) is 0 Å². The van der Waals surface area contributed by atoms with E-state index in [1.165, 1.54) is 16.3 Å². The first-order valence-corrected chi connectivity index (χ1v) is 6.42. The summed E-state index contributed by atoms with van der Waals surface area (Å²) in [4.78, 5) is 5.75. The number of hydrogen-bond acceptors (Lipinski definition) is 4. The Bertz CT molecular complexity index is 295. The number of rotatable bonds is 5. The van der Waals surface area contributed by atoms with Gasteiger partial charge in [-0.05, 0) is 18.8 Å². The van der Waals surface area contributed by atoms with Crippen molar-refractivity contribution in [2.75, 3.05) is 19.8 Å². The van der Waals surface area contributed by atoms with Crippen LogP contribution in [0.4, 0.5) is 0 Å². The Hall–Kier alpha value is -0.450. The Labute approximate surface area is 94.9 Å². The third-order valence-corrected chi connectivity index (χ3v) is 3.82. The van der Waals surface area contributed by atoms with Gasteiger partial charge in [0, 0.05) is 30.8 Å². The molecule has 0 aliphatic carbocycles. The minimum absolute atomic E-state index is 0.704. The molecule has 1 fully saturated rings. The second-order valence-corrected chi connectivity index (χ2v) is 5.13. The molecule has 4 heteroatoms. The first-order chi connectivity index (χ1) is 7.38. The Morgan fingerprint density at radius 1 is 1.67 bits per heavy atom. The number of nitrogens with one attached hydrogen (secondary N) is 1. The summed E-state index contributed by atoms with van der Waals surface area (Å²) in [6.45, 7) is 5.98. The second-order valence-electron chi connectivity index (χ2n) is 3.93. The van der Waals surface area contributed by atoms with E-state index in [4.69, 9.17) is 4.74 Å². The smallest absolute Gasteiger partial charge is 0.107 e. The molecule has 1 aromatic heterocycles. The summed E-state index contributed by atoms with van der Waals surface area (Å²) in [6, 6.07) is 0. The van der Waals surface area contributed by atoms with Gasteiger partial charge in [-0.1, -0.05) is 6.92 Å². The molecule has 0 saturated carbocycles. The monoisotopic (exact) mass is 226 g/mol. The van der Waals surface area contributed by atoms with Crippen LogP contribution in [0.15, 0.2) is 6.20 Å². The number of hydrogen-bond donors (Lipinski definition) is 1. The van der Waals surface area contributed by atoms with Crippen LogP contribution in [0.25, 0.3) is 0 Å². The molecule has 0 radical (unpaired) electrons. The fraction of sp³-hybridized carbons (Fsp3) is 0.727. The molecule has 1 saturated heterocycles. The molecule has 0 spiro atoms. The van der Waals surface area contributed by atoms with Crippen LogP contribution in [-0.4, -0.2) is 24.7 Å². The molecule has 1 aromatic rings. The number of ether oxygens (including phenoxy) is 1. The van der Waals surface area contributed by atoms with E-state index in [0.29, 0.717) is 5.92 Å². The predicted octanol–water partition coefficient (Wildman–Crippen LogP) is 1.83. The Morgan fingerprint density at radius 3 is 3.27 bits per heavy atom. The van der Waals surface area contributed by atoms with Gasteiger partial charge in [0.25, 0.3) is 0 Å². The van der Waals surface area contributed by atoms with Crippen molar-refractivity contribution in [2.24, 2.45) is 5.92 Å². The van der Waals surface area contributed by atoms with Crippen LogP contribution in [-0.2, 0) is 17.7 Å². The molecule has 2 rings (SSSR count). The maximum absolute atomic E-state index is 5.33. The van der Waals surface area contributed by atoms with Gasteiger partial charge in [-0.3, -0.25) is 0 Å².